The number of carbonyl (C=O) groups excluding carboxylic acids is 1. The number of nitrogens with one attached hydrogen (secondary N) is 1. The van der Waals surface area contributed by atoms with E-state index in [2.05, 4.69) is 28.2 Å². The Labute approximate surface area is 237 Å². The molecule has 5 nitrogen and oxygen atoms in total. The molecule has 4 aromatic carbocycles. The quantitative estimate of drug-likeness (QED) is 0.225. The number of aromatic nitrogens is 1. The third-order valence-electron chi connectivity index (χ3n) is 7.20. The van der Waals surface area contributed by atoms with Crippen molar-refractivity contribution in [3.05, 3.63) is 131 Å². The predicted molar refractivity (Wildman–Crippen MR) is 155 cm³/mol. The lowest BCUT2D eigenvalue weighted by atomic mass is 9.88. The molecule has 0 bridgehead atoms. The van der Waals surface area contributed by atoms with Gasteiger partial charge in [-0.3, -0.25) is 4.79 Å². The van der Waals surface area contributed by atoms with E-state index in [9.17, 15) is 9.18 Å². The fraction of sp³-hybridized carbons (Fsp3) is 0.182. The Morgan fingerprint density at radius 2 is 1.75 bits per heavy atom. The number of halogens is 2. The van der Waals surface area contributed by atoms with E-state index in [4.69, 9.17) is 21.1 Å². The van der Waals surface area contributed by atoms with Crippen molar-refractivity contribution in [1.29, 1.82) is 0 Å². The summed E-state index contributed by atoms with van der Waals surface area (Å²) in [5.41, 5.74) is 4.02. The average Bonchev–Trinajstić information content (AvgIpc) is 3.34. The Balaban J connectivity index is 1.26. The van der Waals surface area contributed by atoms with E-state index in [1.54, 1.807) is 12.1 Å². The minimum absolute atomic E-state index is 0.0946. The van der Waals surface area contributed by atoms with E-state index in [1.165, 1.54) is 12.1 Å². The number of ether oxygens (including phenoxy) is 2. The van der Waals surface area contributed by atoms with E-state index >= 15 is 0 Å². The molecule has 5 aromatic rings. The first-order valence-corrected chi connectivity index (χ1v) is 13.6. The highest BCUT2D eigenvalue weighted by Gasteiger charge is 2.25. The van der Waals surface area contributed by atoms with Crippen LogP contribution in [0.4, 0.5) is 4.39 Å². The number of rotatable bonds is 8. The Bertz CT molecular complexity index is 1650. The summed E-state index contributed by atoms with van der Waals surface area (Å²) >= 11 is 6.39. The minimum Gasteiger partial charge on any atom is -0.486 e. The molecule has 0 saturated heterocycles. The standard InChI is InChI=1S/C33H28ClFN2O3/c34-24-7-5-6-23(16-24)28(17-33(38)36-18-26-21-39-31-10-3-4-11-32(31)40-26)29-20-37(30-9-2-1-8-27(29)30)19-22-12-14-25(35)15-13-22/h1-16,20,26,28H,17-19,21H2,(H,36,38)/t26-,28+/m0/s1. The molecule has 0 fully saturated rings. The third-order valence-corrected chi connectivity index (χ3v) is 7.43. The summed E-state index contributed by atoms with van der Waals surface area (Å²) in [6.07, 6.45) is 2.05. The molecule has 0 spiro atoms. The Morgan fingerprint density at radius 3 is 2.58 bits per heavy atom. The molecule has 2 atom stereocenters. The second-order valence-electron chi connectivity index (χ2n) is 9.97. The molecule has 7 heteroatoms. The Morgan fingerprint density at radius 1 is 0.975 bits per heavy atom. The topological polar surface area (TPSA) is 52.5 Å². The molecule has 1 aliphatic rings. The van der Waals surface area contributed by atoms with Crippen molar-refractivity contribution in [2.45, 2.75) is 25.0 Å². The molecule has 1 amide bonds. The molecule has 0 radical (unpaired) electrons. The molecule has 0 aliphatic carbocycles. The molecule has 0 unspecified atom stereocenters. The van der Waals surface area contributed by atoms with Gasteiger partial charge < -0.3 is 19.4 Å². The summed E-state index contributed by atoms with van der Waals surface area (Å²) in [7, 11) is 0. The zero-order chi connectivity index (χ0) is 27.5. The normalized spacial score (nSPS) is 15.1. The Hall–Kier alpha value is -4.29. The van der Waals surface area contributed by atoms with Crippen LogP contribution in [0.1, 0.15) is 29.0 Å². The molecule has 1 N–H and O–H groups in total. The minimum atomic E-state index is -0.277. The van der Waals surface area contributed by atoms with Crippen molar-refractivity contribution in [2.24, 2.45) is 0 Å². The van der Waals surface area contributed by atoms with E-state index < -0.39 is 0 Å². The van der Waals surface area contributed by atoms with Crippen LogP contribution in [0.25, 0.3) is 10.9 Å². The van der Waals surface area contributed by atoms with Crippen molar-refractivity contribution in [1.82, 2.24) is 9.88 Å². The van der Waals surface area contributed by atoms with Gasteiger partial charge in [0.25, 0.3) is 0 Å². The van der Waals surface area contributed by atoms with Crippen LogP contribution in [0, 0.1) is 5.82 Å². The van der Waals surface area contributed by atoms with E-state index in [-0.39, 0.29) is 30.2 Å². The lowest BCUT2D eigenvalue weighted by molar-refractivity contribution is -0.121. The average molecular weight is 555 g/mol. The van der Waals surface area contributed by atoms with Gasteiger partial charge in [0.2, 0.25) is 5.91 Å². The predicted octanol–water partition coefficient (Wildman–Crippen LogP) is 6.96. The van der Waals surface area contributed by atoms with Crippen molar-refractivity contribution in [3.63, 3.8) is 0 Å². The Kier molecular flexibility index (Phi) is 7.43. The summed E-state index contributed by atoms with van der Waals surface area (Å²) in [6, 6.07) is 29.9. The first-order valence-electron chi connectivity index (χ1n) is 13.3. The fourth-order valence-corrected chi connectivity index (χ4v) is 5.45. The number of benzene rings is 4. The first kappa shape index (κ1) is 26.0. The lowest BCUT2D eigenvalue weighted by Gasteiger charge is -2.26. The van der Waals surface area contributed by atoms with Crippen LogP contribution in [-0.2, 0) is 11.3 Å². The first-order chi connectivity index (χ1) is 19.5. The molecule has 6 rings (SSSR count). The molecular formula is C33H28ClFN2O3. The maximum Gasteiger partial charge on any atom is 0.221 e. The van der Waals surface area contributed by atoms with Gasteiger partial charge in [-0.25, -0.2) is 4.39 Å². The highest BCUT2D eigenvalue weighted by molar-refractivity contribution is 6.30. The smallest absolute Gasteiger partial charge is 0.221 e. The number of hydrogen-bond acceptors (Lipinski definition) is 3. The van der Waals surface area contributed by atoms with Gasteiger partial charge in [-0.15, -0.1) is 0 Å². The summed E-state index contributed by atoms with van der Waals surface area (Å²) in [5, 5.41) is 4.72. The molecular weight excluding hydrogens is 527 g/mol. The van der Waals surface area contributed by atoms with Crippen molar-refractivity contribution < 1.29 is 18.7 Å². The third kappa shape index (κ3) is 5.68. The van der Waals surface area contributed by atoms with Gasteiger partial charge in [-0.2, -0.15) is 0 Å². The van der Waals surface area contributed by atoms with Crippen molar-refractivity contribution in [2.75, 3.05) is 13.2 Å². The molecule has 2 heterocycles. The van der Waals surface area contributed by atoms with Gasteiger partial charge in [0, 0.05) is 41.0 Å². The summed E-state index contributed by atoms with van der Waals surface area (Å²) in [6.45, 7) is 1.28. The molecule has 40 heavy (non-hydrogen) atoms. The summed E-state index contributed by atoms with van der Waals surface area (Å²) < 4.78 is 27.5. The molecule has 0 saturated carbocycles. The summed E-state index contributed by atoms with van der Waals surface area (Å²) in [4.78, 5) is 13.4. The number of fused-ring (bicyclic) bond motifs is 2. The number of hydrogen-bond donors (Lipinski definition) is 1. The molecule has 1 aliphatic heterocycles. The van der Waals surface area contributed by atoms with Gasteiger partial charge in [-0.1, -0.05) is 66.2 Å². The number of carbonyl (C=O) groups is 1. The second-order valence-corrected chi connectivity index (χ2v) is 10.4. The largest absolute Gasteiger partial charge is 0.486 e. The second kappa shape index (κ2) is 11.4. The molecule has 1 aromatic heterocycles. The van der Waals surface area contributed by atoms with Crippen LogP contribution < -0.4 is 14.8 Å². The maximum atomic E-state index is 13.5. The van der Waals surface area contributed by atoms with Gasteiger partial charge in [0.1, 0.15) is 18.5 Å². The van der Waals surface area contributed by atoms with Crippen molar-refractivity contribution >= 4 is 28.4 Å². The number of amides is 1. The van der Waals surface area contributed by atoms with Gasteiger partial charge in [0.15, 0.2) is 11.5 Å². The lowest BCUT2D eigenvalue weighted by Crippen LogP contribution is -2.41. The van der Waals surface area contributed by atoms with Crippen LogP contribution in [0.15, 0.2) is 103 Å². The zero-order valence-corrected chi connectivity index (χ0v) is 22.5. The van der Waals surface area contributed by atoms with Gasteiger partial charge in [-0.05, 0) is 59.2 Å². The number of para-hydroxylation sites is 3. The highest BCUT2D eigenvalue weighted by atomic mass is 35.5. The number of nitrogens with zero attached hydrogens (tertiary/aromatic N) is 1. The van der Waals surface area contributed by atoms with Crippen molar-refractivity contribution in [3.8, 4) is 11.5 Å². The van der Waals surface area contributed by atoms with E-state index in [1.807, 2.05) is 60.7 Å². The van der Waals surface area contributed by atoms with Crippen LogP contribution in [-0.4, -0.2) is 29.7 Å². The fourth-order valence-electron chi connectivity index (χ4n) is 5.25. The maximum absolute atomic E-state index is 13.5. The van der Waals surface area contributed by atoms with Gasteiger partial charge in [0.05, 0.1) is 6.54 Å². The van der Waals surface area contributed by atoms with Crippen LogP contribution >= 0.6 is 11.6 Å². The summed E-state index contributed by atoms with van der Waals surface area (Å²) in [5.74, 6) is 0.801. The van der Waals surface area contributed by atoms with Gasteiger partial charge >= 0.3 is 0 Å². The van der Waals surface area contributed by atoms with E-state index in [0.717, 1.165) is 27.6 Å². The highest BCUT2D eigenvalue weighted by Crippen LogP contribution is 2.36. The SMILES string of the molecule is O=C(C[C@H](c1cccc(Cl)c1)c1cn(Cc2ccc(F)cc2)c2ccccc12)NC[C@H]1COc2ccccc2O1. The van der Waals surface area contributed by atoms with Crippen LogP contribution in [0.3, 0.4) is 0 Å². The monoisotopic (exact) mass is 554 g/mol. The zero-order valence-electron chi connectivity index (χ0n) is 21.7. The van der Waals surface area contributed by atoms with Crippen LogP contribution in [0.2, 0.25) is 5.02 Å². The van der Waals surface area contributed by atoms with Crippen LogP contribution in [0.5, 0.6) is 11.5 Å². The molecule has 202 valence electrons. The van der Waals surface area contributed by atoms with E-state index in [0.29, 0.717) is 36.2 Å².